The summed E-state index contributed by atoms with van der Waals surface area (Å²) < 4.78 is 0. The molecule has 6 heteroatoms. The molecule has 166 valence electrons. The maximum atomic E-state index is 13.4. The highest BCUT2D eigenvalue weighted by atomic mass is 32.1. The van der Waals surface area contributed by atoms with E-state index in [4.69, 9.17) is 0 Å². The van der Waals surface area contributed by atoms with Gasteiger partial charge in [-0.05, 0) is 67.8 Å². The number of nitrogens with zero attached hydrogens (tertiary/aromatic N) is 2. The fourth-order valence-electron chi connectivity index (χ4n) is 4.38. The van der Waals surface area contributed by atoms with Gasteiger partial charge in [0, 0.05) is 42.0 Å². The minimum absolute atomic E-state index is 0.00459. The molecular formula is C26H29N3O2S. The molecule has 32 heavy (non-hydrogen) atoms. The lowest BCUT2D eigenvalue weighted by Crippen LogP contribution is -2.52. The molecule has 1 N–H and O–H groups in total. The van der Waals surface area contributed by atoms with Gasteiger partial charge in [-0.3, -0.25) is 14.6 Å². The minimum atomic E-state index is -0.520. The summed E-state index contributed by atoms with van der Waals surface area (Å²) in [6.07, 6.45) is 5.23. The average molecular weight is 448 g/mol. The third-order valence-electron chi connectivity index (χ3n) is 6.11. The van der Waals surface area contributed by atoms with Crippen molar-refractivity contribution in [1.82, 2.24) is 15.2 Å². The van der Waals surface area contributed by atoms with E-state index in [1.165, 1.54) is 10.4 Å². The predicted octanol–water partition coefficient (Wildman–Crippen LogP) is 4.80. The number of aromatic nitrogens is 1. The number of carbonyl (C=O) groups is 2. The summed E-state index contributed by atoms with van der Waals surface area (Å²) in [5, 5.41) is 5.22. The Kier molecular flexibility index (Phi) is 6.70. The maximum absolute atomic E-state index is 13.4. The Morgan fingerprint density at radius 1 is 1.09 bits per heavy atom. The van der Waals surface area contributed by atoms with Crippen LogP contribution in [0.2, 0.25) is 0 Å². The van der Waals surface area contributed by atoms with E-state index in [1.807, 2.05) is 18.7 Å². The summed E-state index contributed by atoms with van der Waals surface area (Å²) in [7, 11) is 0. The predicted molar refractivity (Wildman–Crippen MR) is 129 cm³/mol. The van der Waals surface area contributed by atoms with Gasteiger partial charge in [-0.25, -0.2) is 0 Å². The first kappa shape index (κ1) is 22.2. The highest BCUT2D eigenvalue weighted by Crippen LogP contribution is 2.37. The molecule has 3 heterocycles. The maximum Gasteiger partial charge on any atom is 0.253 e. The van der Waals surface area contributed by atoms with Crippen molar-refractivity contribution in [2.75, 3.05) is 13.1 Å². The Bertz CT molecular complexity index is 1060. The number of likely N-dealkylation sites (tertiary alicyclic amines) is 1. The lowest BCUT2D eigenvalue weighted by molar-refractivity contribution is -0.134. The van der Waals surface area contributed by atoms with Gasteiger partial charge in [-0.2, -0.15) is 0 Å². The molecule has 0 bridgehead atoms. The SMILES string of the molecule is CC(C)NC(=O)C1(Cc2cccc(-c3cccs3)c2)CCN(C(=O)c2ccncc2)CC1. The highest BCUT2D eigenvalue weighted by molar-refractivity contribution is 7.13. The van der Waals surface area contributed by atoms with Gasteiger partial charge >= 0.3 is 0 Å². The second-order valence-corrected chi connectivity index (χ2v) is 9.74. The first-order valence-electron chi connectivity index (χ1n) is 11.1. The molecule has 0 aliphatic carbocycles. The molecule has 0 unspecified atom stereocenters. The molecular weight excluding hydrogens is 418 g/mol. The summed E-state index contributed by atoms with van der Waals surface area (Å²) in [4.78, 5) is 33.3. The molecule has 1 saturated heterocycles. The van der Waals surface area contributed by atoms with Crippen molar-refractivity contribution in [1.29, 1.82) is 0 Å². The largest absolute Gasteiger partial charge is 0.353 e. The number of hydrogen-bond acceptors (Lipinski definition) is 4. The van der Waals surface area contributed by atoms with E-state index in [1.54, 1.807) is 35.9 Å². The van der Waals surface area contributed by atoms with Crippen LogP contribution in [-0.4, -0.2) is 40.8 Å². The third-order valence-corrected chi connectivity index (χ3v) is 7.03. The van der Waals surface area contributed by atoms with Gasteiger partial charge in [0.2, 0.25) is 5.91 Å². The molecule has 0 spiro atoms. The van der Waals surface area contributed by atoms with Gasteiger partial charge in [-0.15, -0.1) is 11.3 Å². The summed E-state index contributed by atoms with van der Waals surface area (Å²) in [6.45, 7) is 5.12. The topological polar surface area (TPSA) is 62.3 Å². The van der Waals surface area contributed by atoms with Gasteiger partial charge in [0.05, 0.1) is 5.41 Å². The highest BCUT2D eigenvalue weighted by Gasteiger charge is 2.42. The molecule has 5 nitrogen and oxygen atoms in total. The molecule has 0 radical (unpaired) electrons. The van der Waals surface area contributed by atoms with Crippen LogP contribution in [0.4, 0.5) is 0 Å². The average Bonchev–Trinajstić information content (AvgIpc) is 3.34. The Labute approximate surface area is 193 Å². The molecule has 3 aromatic rings. The summed E-state index contributed by atoms with van der Waals surface area (Å²) >= 11 is 1.72. The fourth-order valence-corrected chi connectivity index (χ4v) is 5.11. The van der Waals surface area contributed by atoms with Gasteiger partial charge in [-0.1, -0.05) is 30.3 Å². The van der Waals surface area contributed by atoms with Gasteiger partial charge < -0.3 is 10.2 Å². The lowest BCUT2D eigenvalue weighted by Gasteiger charge is -2.41. The normalized spacial score (nSPS) is 15.5. The van der Waals surface area contributed by atoms with Crippen LogP contribution in [0.25, 0.3) is 10.4 Å². The van der Waals surface area contributed by atoms with Crippen LogP contribution in [0.1, 0.15) is 42.6 Å². The molecule has 1 aliphatic heterocycles. The van der Waals surface area contributed by atoms with Crippen LogP contribution < -0.4 is 5.32 Å². The zero-order valence-electron chi connectivity index (χ0n) is 18.6. The van der Waals surface area contributed by atoms with Crippen molar-refractivity contribution in [3.05, 3.63) is 77.4 Å². The van der Waals surface area contributed by atoms with E-state index in [0.717, 1.165) is 5.56 Å². The number of rotatable bonds is 6. The quantitative estimate of drug-likeness (QED) is 0.590. The van der Waals surface area contributed by atoms with Crippen molar-refractivity contribution in [3.8, 4) is 10.4 Å². The summed E-state index contributed by atoms with van der Waals surface area (Å²) in [5.74, 6) is 0.0926. The number of hydrogen-bond donors (Lipinski definition) is 1. The molecule has 4 rings (SSSR count). The van der Waals surface area contributed by atoms with Gasteiger partial charge in [0.15, 0.2) is 0 Å². The van der Waals surface area contributed by atoms with Gasteiger partial charge in [0.1, 0.15) is 0 Å². The number of thiophene rings is 1. The summed E-state index contributed by atoms with van der Waals surface area (Å²) in [6, 6.07) is 16.2. The van der Waals surface area contributed by atoms with Crippen LogP contribution in [0, 0.1) is 5.41 Å². The second-order valence-electron chi connectivity index (χ2n) is 8.79. The molecule has 1 aromatic carbocycles. The van der Waals surface area contributed by atoms with Crippen LogP contribution in [0.15, 0.2) is 66.3 Å². The van der Waals surface area contributed by atoms with Crippen LogP contribution in [-0.2, 0) is 11.2 Å². The standard InChI is InChI=1S/C26H29N3O2S/c1-19(2)28-25(31)26(18-20-5-3-6-22(17-20)23-7-4-16-32-23)10-14-29(15-11-26)24(30)21-8-12-27-13-9-21/h3-9,12-13,16-17,19H,10-11,14-15,18H2,1-2H3,(H,28,31). The number of benzene rings is 1. The fraction of sp³-hybridized carbons (Fsp3) is 0.346. The smallest absolute Gasteiger partial charge is 0.253 e. The number of carbonyl (C=O) groups excluding carboxylic acids is 2. The van der Waals surface area contributed by atoms with Crippen molar-refractivity contribution >= 4 is 23.2 Å². The Hall–Kier alpha value is -2.99. The number of piperidine rings is 1. The molecule has 1 aliphatic rings. The second kappa shape index (κ2) is 9.65. The lowest BCUT2D eigenvalue weighted by atomic mass is 9.72. The number of nitrogens with one attached hydrogen (secondary N) is 1. The van der Waals surface area contributed by atoms with Crippen LogP contribution >= 0.6 is 11.3 Å². The van der Waals surface area contributed by atoms with Gasteiger partial charge in [0.25, 0.3) is 5.91 Å². The first-order chi connectivity index (χ1) is 15.5. The molecule has 0 saturated carbocycles. The van der Waals surface area contributed by atoms with Crippen LogP contribution in [0.5, 0.6) is 0 Å². The Morgan fingerprint density at radius 3 is 2.50 bits per heavy atom. The van der Waals surface area contributed by atoms with E-state index in [-0.39, 0.29) is 17.9 Å². The number of amides is 2. The number of pyridine rings is 1. The summed E-state index contributed by atoms with van der Waals surface area (Å²) in [5.41, 5.74) is 2.46. The van der Waals surface area contributed by atoms with E-state index >= 15 is 0 Å². The van der Waals surface area contributed by atoms with Crippen molar-refractivity contribution < 1.29 is 9.59 Å². The molecule has 2 amide bonds. The van der Waals surface area contributed by atoms with Crippen molar-refractivity contribution in [3.63, 3.8) is 0 Å². The molecule has 2 aromatic heterocycles. The van der Waals surface area contributed by atoms with Crippen molar-refractivity contribution in [2.24, 2.45) is 5.41 Å². The van der Waals surface area contributed by atoms with E-state index in [9.17, 15) is 9.59 Å². The molecule has 0 atom stereocenters. The first-order valence-corrected chi connectivity index (χ1v) is 12.0. The van der Waals surface area contributed by atoms with E-state index in [2.05, 4.69) is 52.1 Å². The Balaban J connectivity index is 1.55. The minimum Gasteiger partial charge on any atom is -0.353 e. The van der Waals surface area contributed by atoms with E-state index in [0.29, 0.717) is 37.9 Å². The van der Waals surface area contributed by atoms with Crippen molar-refractivity contribution in [2.45, 2.75) is 39.2 Å². The van der Waals surface area contributed by atoms with Crippen LogP contribution in [0.3, 0.4) is 0 Å². The zero-order valence-corrected chi connectivity index (χ0v) is 19.4. The monoisotopic (exact) mass is 447 g/mol. The zero-order chi connectivity index (χ0) is 22.6. The Morgan fingerprint density at radius 2 is 1.84 bits per heavy atom. The third kappa shape index (κ3) is 4.91. The van der Waals surface area contributed by atoms with E-state index < -0.39 is 5.41 Å². The molecule has 1 fully saturated rings.